The van der Waals surface area contributed by atoms with Crippen LogP contribution in [0.1, 0.15) is 25.0 Å². The molecule has 13 nitrogen and oxygen atoms in total. The van der Waals surface area contributed by atoms with E-state index in [0.717, 1.165) is 11.1 Å². The average Bonchev–Trinajstić information content (AvgIpc) is 2.96. The molecule has 2 aromatic carbocycles. The summed E-state index contributed by atoms with van der Waals surface area (Å²) in [6, 6.07) is 14.4. The van der Waals surface area contributed by atoms with Crippen LogP contribution in [-0.2, 0) is 41.9 Å². The Morgan fingerprint density at radius 1 is 0.756 bits per heavy atom. The molecule has 4 amide bonds. The summed E-state index contributed by atoms with van der Waals surface area (Å²) < 4.78 is 10.1. The largest absolute Gasteiger partial charge is 0.480 e. The van der Waals surface area contributed by atoms with Crippen LogP contribution in [0.4, 0.5) is 9.59 Å². The van der Waals surface area contributed by atoms with Crippen molar-refractivity contribution in [2.75, 3.05) is 12.3 Å². The van der Waals surface area contributed by atoms with Gasteiger partial charge in [0.25, 0.3) is 0 Å². The standard InChI is InChI=1S/C27H32N4O9S/c1-17(29-26(37)39-14-19-9-5-3-6-10-19)23(33)28-13-22(32)31-21(24(34)35)16-41-25(36)18(2)30-27(38)40-15-20-11-7-4-8-12-20/h3-12,17-18,21H,13-16H2,1-2H3,(H,28,33)(H,29,37)(H,30,38)(H,31,32)(H,34,35)/t17-,18-,21-/m0/s1. The van der Waals surface area contributed by atoms with Gasteiger partial charge in [0.05, 0.1) is 12.6 Å². The smallest absolute Gasteiger partial charge is 0.408 e. The molecule has 41 heavy (non-hydrogen) atoms. The topological polar surface area (TPSA) is 189 Å². The number of alkyl carbamates (subject to hydrolysis) is 2. The third-order valence-electron chi connectivity index (χ3n) is 5.29. The number of amides is 4. The van der Waals surface area contributed by atoms with E-state index in [-0.39, 0.29) is 19.0 Å². The number of carboxylic acid groups (broad SMARTS) is 1. The van der Waals surface area contributed by atoms with Gasteiger partial charge in [-0.2, -0.15) is 0 Å². The number of rotatable bonds is 14. The second-order valence-electron chi connectivity index (χ2n) is 8.66. The summed E-state index contributed by atoms with van der Waals surface area (Å²) in [5, 5.41) is 18.1. The first kappa shape index (κ1) is 32.6. The van der Waals surface area contributed by atoms with Crippen LogP contribution in [0.25, 0.3) is 0 Å². The number of ether oxygens (including phenoxy) is 2. The van der Waals surface area contributed by atoms with E-state index < -0.39 is 59.8 Å². The molecule has 220 valence electrons. The number of carboxylic acids is 1. The van der Waals surface area contributed by atoms with Gasteiger partial charge >= 0.3 is 18.2 Å². The minimum atomic E-state index is -1.45. The summed E-state index contributed by atoms with van der Waals surface area (Å²) in [5.74, 6) is -3.26. The van der Waals surface area contributed by atoms with Gasteiger partial charge in [0.1, 0.15) is 25.3 Å². The number of aliphatic carboxylic acids is 1. The lowest BCUT2D eigenvalue weighted by Gasteiger charge is -2.17. The Morgan fingerprint density at radius 3 is 1.73 bits per heavy atom. The Morgan fingerprint density at radius 2 is 1.24 bits per heavy atom. The predicted octanol–water partition coefficient (Wildman–Crippen LogP) is 1.56. The molecule has 2 rings (SSSR count). The summed E-state index contributed by atoms with van der Waals surface area (Å²) in [7, 11) is 0. The summed E-state index contributed by atoms with van der Waals surface area (Å²) in [6.07, 6.45) is -1.65. The highest BCUT2D eigenvalue weighted by molar-refractivity contribution is 8.13. The van der Waals surface area contributed by atoms with Crippen LogP contribution >= 0.6 is 11.8 Å². The van der Waals surface area contributed by atoms with Crippen LogP contribution in [0.2, 0.25) is 0 Å². The second kappa shape index (κ2) is 17.2. The Bertz CT molecular complexity index is 1200. The molecule has 0 radical (unpaired) electrons. The van der Waals surface area contributed by atoms with E-state index in [9.17, 15) is 33.9 Å². The van der Waals surface area contributed by atoms with Crippen molar-refractivity contribution < 1.29 is 43.3 Å². The number of hydrogen-bond donors (Lipinski definition) is 5. The molecule has 3 atom stereocenters. The molecule has 0 aliphatic heterocycles. The Labute approximate surface area is 240 Å². The zero-order chi connectivity index (χ0) is 30.2. The lowest BCUT2D eigenvalue weighted by atomic mass is 10.2. The van der Waals surface area contributed by atoms with Crippen LogP contribution in [0.3, 0.4) is 0 Å². The Kier molecular flexibility index (Phi) is 13.7. The van der Waals surface area contributed by atoms with Gasteiger partial charge in [-0.1, -0.05) is 72.4 Å². The van der Waals surface area contributed by atoms with Crippen LogP contribution < -0.4 is 21.3 Å². The second-order valence-corrected chi connectivity index (χ2v) is 9.69. The molecule has 0 heterocycles. The maximum Gasteiger partial charge on any atom is 0.408 e. The SMILES string of the molecule is C[C@H](NC(=O)OCc1ccccc1)C(=O)NCC(=O)N[C@@H](CSC(=O)[C@H](C)NC(=O)OCc1ccccc1)C(=O)O. The number of benzene rings is 2. The average molecular weight is 589 g/mol. The third-order valence-corrected chi connectivity index (χ3v) is 6.43. The molecule has 0 aliphatic rings. The maximum atomic E-state index is 12.4. The number of nitrogens with one attached hydrogen (secondary N) is 4. The first-order valence-electron chi connectivity index (χ1n) is 12.5. The first-order chi connectivity index (χ1) is 19.5. The van der Waals surface area contributed by atoms with Gasteiger partial charge in [0.15, 0.2) is 0 Å². The van der Waals surface area contributed by atoms with Gasteiger partial charge < -0.3 is 35.8 Å². The number of carbonyl (C=O) groups is 6. The lowest BCUT2D eigenvalue weighted by Crippen LogP contribution is -2.50. The molecule has 0 bridgehead atoms. The zero-order valence-corrected chi connectivity index (χ0v) is 23.3. The van der Waals surface area contributed by atoms with Gasteiger partial charge in [-0.25, -0.2) is 14.4 Å². The molecule has 0 unspecified atom stereocenters. The van der Waals surface area contributed by atoms with E-state index in [2.05, 4.69) is 21.3 Å². The third kappa shape index (κ3) is 12.9. The first-order valence-corrected chi connectivity index (χ1v) is 13.4. The van der Waals surface area contributed by atoms with Crippen molar-refractivity contribution >= 4 is 46.8 Å². The van der Waals surface area contributed by atoms with E-state index in [1.54, 1.807) is 48.5 Å². The molecule has 0 fully saturated rings. The number of hydrogen-bond acceptors (Lipinski definition) is 9. The zero-order valence-electron chi connectivity index (χ0n) is 22.5. The van der Waals surface area contributed by atoms with Crippen molar-refractivity contribution in [3.63, 3.8) is 0 Å². The summed E-state index contributed by atoms with van der Waals surface area (Å²) in [4.78, 5) is 72.2. The van der Waals surface area contributed by atoms with E-state index in [0.29, 0.717) is 11.8 Å². The highest BCUT2D eigenvalue weighted by Crippen LogP contribution is 2.09. The van der Waals surface area contributed by atoms with Crippen molar-refractivity contribution in [2.45, 2.75) is 45.2 Å². The minimum Gasteiger partial charge on any atom is -0.480 e. The molecule has 14 heteroatoms. The predicted molar refractivity (Wildman–Crippen MR) is 148 cm³/mol. The molecule has 0 aliphatic carbocycles. The summed E-state index contributed by atoms with van der Waals surface area (Å²) >= 11 is 0.605. The fourth-order valence-electron chi connectivity index (χ4n) is 3.04. The lowest BCUT2D eigenvalue weighted by molar-refractivity contribution is -0.141. The van der Waals surface area contributed by atoms with Gasteiger partial charge in [-0.15, -0.1) is 0 Å². The molecular formula is C27H32N4O9S. The molecule has 0 saturated carbocycles. The van der Waals surface area contributed by atoms with Gasteiger partial charge in [-0.3, -0.25) is 14.4 Å². The molecule has 5 N–H and O–H groups in total. The molecular weight excluding hydrogens is 556 g/mol. The molecule has 0 spiro atoms. The number of carbonyl (C=O) groups excluding carboxylic acids is 5. The quantitative estimate of drug-likeness (QED) is 0.217. The minimum absolute atomic E-state index is 0.00763. The van der Waals surface area contributed by atoms with Gasteiger partial charge in [-0.05, 0) is 25.0 Å². The van der Waals surface area contributed by atoms with E-state index in [1.807, 2.05) is 12.1 Å². The molecule has 0 saturated heterocycles. The van der Waals surface area contributed by atoms with E-state index in [4.69, 9.17) is 9.47 Å². The monoisotopic (exact) mass is 588 g/mol. The van der Waals surface area contributed by atoms with E-state index >= 15 is 0 Å². The fraction of sp³-hybridized carbons (Fsp3) is 0.333. The van der Waals surface area contributed by atoms with Crippen LogP contribution in [0.5, 0.6) is 0 Å². The summed E-state index contributed by atoms with van der Waals surface area (Å²) in [5.41, 5.74) is 1.52. The Hall–Kier alpha value is -4.59. The summed E-state index contributed by atoms with van der Waals surface area (Å²) in [6.45, 7) is 2.24. The molecule has 0 aromatic heterocycles. The van der Waals surface area contributed by atoms with Crippen molar-refractivity contribution in [1.82, 2.24) is 21.3 Å². The van der Waals surface area contributed by atoms with Crippen LogP contribution in [-0.4, -0.2) is 70.6 Å². The fourth-order valence-corrected chi connectivity index (χ4v) is 3.90. The number of thioether (sulfide) groups is 1. The van der Waals surface area contributed by atoms with Crippen molar-refractivity contribution in [1.29, 1.82) is 0 Å². The van der Waals surface area contributed by atoms with Crippen molar-refractivity contribution in [2.24, 2.45) is 0 Å². The van der Waals surface area contributed by atoms with Gasteiger partial charge in [0, 0.05) is 5.75 Å². The normalized spacial score (nSPS) is 12.5. The van der Waals surface area contributed by atoms with Crippen molar-refractivity contribution in [3.05, 3.63) is 71.8 Å². The van der Waals surface area contributed by atoms with Gasteiger partial charge in [0.2, 0.25) is 16.9 Å². The highest BCUT2D eigenvalue weighted by Gasteiger charge is 2.25. The van der Waals surface area contributed by atoms with Crippen LogP contribution in [0, 0.1) is 0 Å². The van der Waals surface area contributed by atoms with E-state index in [1.165, 1.54) is 13.8 Å². The Balaban J connectivity index is 1.69. The molecule has 2 aromatic rings. The van der Waals surface area contributed by atoms with Crippen LogP contribution in [0.15, 0.2) is 60.7 Å². The maximum absolute atomic E-state index is 12.4. The highest BCUT2D eigenvalue weighted by atomic mass is 32.2. The van der Waals surface area contributed by atoms with Crippen molar-refractivity contribution in [3.8, 4) is 0 Å².